The van der Waals surface area contributed by atoms with Crippen LogP contribution in [0.3, 0.4) is 0 Å². The summed E-state index contributed by atoms with van der Waals surface area (Å²) in [7, 11) is 0. The summed E-state index contributed by atoms with van der Waals surface area (Å²) in [5.41, 5.74) is 1.47. The Kier molecular flexibility index (Phi) is 4.19. The largest absolute Gasteiger partial charge is 0.506 e. The molecule has 0 bridgehead atoms. The lowest BCUT2D eigenvalue weighted by Crippen LogP contribution is -2.42. The maximum Gasteiger partial charge on any atom is 0.253 e. The first-order valence-corrected chi connectivity index (χ1v) is 9.62. The van der Waals surface area contributed by atoms with Gasteiger partial charge in [0, 0.05) is 36.3 Å². The van der Waals surface area contributed by atoms with Gasteiger partial charge in [0.15, 0.2) is 17.3 Å². The molecule has 6 nitrogen and oxygen atoms in total. The Hall–Kier alpha value is -2.41. The lowest BCUT2D eigenvalue weighted by molar-refractivity contribution is -0.0848. The molecule has 1 spiro atoms. The van der Waals surface area contributed by atoms with Crippen LogP contribution in [0.5, 0.6) is 23.0 Å². The predicted molar refractivity (Wildman–Crippen MR) is 97.3 cm³/mol. The van der Waals surface area contributed by atoms with Crippen LogP contribution in [0.25, 0.3) is 0 Å². The summed E-state index contributed by atoms with van der Waals surface area (Å²) in [5.74, 6) is 1.63. The molecule has 7 heteroatoms. The molecule has 0 aliphatic carbocycles. The van der Waals surface area contributed by atoms with E-state index in [4.69, 9.17) is 9.47 Å². The molecule has 4 rings (SSSR count). The number of pyridine rings is 1. The number of ketones is 1. The molecule has 1 aromatic heterocycles. The number of carbonyl (C=O) groups excluding carboxylic acids is 1. The van der Waals surface area contributed by atoms with Crippen molar-refractivity contribution in [2.45, 2.75) is 32.0 Å². The zero-order valence-electron chi connectivity index (χ0n) is 14.3. The molecule has 2 aromatic rings. The number of rotatable bonds is 3. The van der Waals surface area contributed by atoms with Gasteiger partial charge in [-0.05, 0) is 18.6 Å². The summed E-state index contributed by atoms with van der Waals surface area (Å²) >= 11 is 1.87. The molecule has 26 heavy (non-hydrogen) atoms. The van der Waals surface area contributed by atoms with Crippen molar-refractivity contribution in [3.05, 3.63) is 41.2 Å². The number of carbonyl (C=O) groups is 1. The van der Waals surface area contributed by atoms with E-state index in [1.54, 1.807) is 6.07 Å². The summed E-state index contributed by atoms with van der Waals surface area (Å²) in [6.07, 6.45) is 3.80. The predicted octanol–water partition coefficient (Wildman–Crippen LogP) is 3.22. The minimum absolute atomic E-state index is 0.151. The first-order chi connectivity index (χ1) is 12.5. The van der Waals surface area contributed by atoms with E-state index in [0.717, 1.165) is 29.9 Å². The van der Waals surface area contributed by atoms with Crippen molar-refractivity contribution in [3.63, 3.8) is 0 Å². The molecule has 0 unspecified atom stereocenters. The van der Waals surface area contributed by atoms with Crippen molar-refractivity contribution in [1.29, 1.82) is 0 Å². The maximum atomic E-state index is 12.9. The van der Waals surface area contributed by atoms with E-state index in [9.17, 15) is 15.0 Å². The SMILES string of the molecule is Cc1ccc(C(=O)Cc2c(O)cncc2O)c2c1OC1(CCSCC1)O2. The van der Waals surface area contributed by atoms with E-state index in [1.165, 1.54) is 12.4 Å². The van der Waals surface area contributed by atoms with Crippen molar-refractivity contribution in [2.24, 2.45) is 0 Å². The summed E-state index contributed by atoms with van der Waals surface area (Å²) in [4.78, 5) is 16.6. The van der Waals surface area contributed by atoms with Crippen LogP contribution in [-0.2, 0) is 6.42 Å². The van der Waals surface area contributed by atoms with Gasteiger partial charge in [-0.15, -0.1) is 0 Å². The van der Waals surface area contributed by atoms with E-state index >= 15 is 0 Å². The van der Waals surface area contributed by atoms with Gasteiger partial charge < -0.3 is 19.7 Å². The minimum Gasteiger partial charge on any atom is -0.506 e. The molecule has 1 fully saturated rings. The number of benzene rings is 1. The number of fused-ring (bicyclic) bond motifs is 1. The number of hydrogen-bond acceptors (Lipinski definition) is 7. The first kappa shape index (κ1) is 17.0. The Labute approximate surface area is 155 Å². The van der Waals surface area contributed by atoms with Crippen LogP contribution in [0, 0.1) is 6.92 Å². The second kappa shape index (κ2) is 6.39. The molecule has 1 saturated heterocycles. The molecular formula is C19H19NO5S. The van der Waals surface area contributed by atoms with Crippen LogP contribution < -0.4 is 9.47 Å². The van der Waals surface area contributed by atoms with Gasteiger partial charge >= 0.3 is 0 Å². The second-order valence-corrected chi connectivity index (χ2v) is 7.80. The maximum absolute atomic E-state index is 12.9. The monoisotopic (exact) mass is 373 g/mol. The van der Waals surface area contributed by atoms with E-state index in [2.05, 4.69) is 4.98 Å². The van der Waals surface area contributed by atoms with E-state index in [-0.39, 0.29) is 29.3 Å². The van der Waals surface area contributed by atoms with E-state index in [0.29, 0.717) is 17.1 Å². The third-order valence-electron chi connectivity index (χ3n) is 4.79. The average Bonchev–Trinajstić information content (AvgIpc) is 2.98. The van der Waals surface area contributed by atoms with Crippen molar-refractivity contribution < 1.29 is 24.5 Å². The summed E-state index contributed by atoms with van der Waals surface area (Å²) in [5, 5.41) is 19.8. The topological polar surface area (TPSA) is 88.9 Å². The van der Waals surface area contributed by atoms with Crippen LogP contribution in [0.2, 0.25) is 0 Å². The summed E-state index contributed by atoms with van der Waals surface area (Å²) in [6, 6.07) is 3.55. The molecular weight excluding hydrogens is 354 g/mol. The molecule has 3 heterocycles. The van der Waals surface area contributed by atoms with Gasteiger partial charge in [-0.2, -0.15) is 11.8 Å². The Morgan fingerprint density at radius 3 is 2.50 bits per heavy atom. The summed E-state index contributed by atoms with van der Waals surface area (Å²) < 4.78 is 12.3. The fraction of sp³-hybridized carbons (Fsp3) is 0.368. The van der Waals surface area contributed by atoms with Crippen LogP contribution in [-0.4, -0.2) is 38.3 Å². The lowest BCUT2D eigenvalue weighted by atomic mass is 10.00. The number of nitrogens with zero attached hydrogens (tertiary/aromatic N) is 1. The zero-order chi connectivity index (χ0) is 18.3. The van der Waals surface area contributed by atoms with Gasteiger partial charge in [0.1, 0.15) is 11.5 Å². The normalized spacial score (nSPS) is 17.4. The third-order valence-corrected chi connectivity index (χ3v) is 5.78. The Morgan fingerprint density at radius 2 is 1.81 bits per heavy atom. The van der Waals surface area contributed by atoms with Crippen LogP contribution in [0.15, 0.2) is 24.5 Å². The van der Waals surface area contributed by atoms with Crippen molar-refractivity contribution in [3.8, 4) is 23.0 Å². The highest BCUT2D eigenvalue weighted by Gasteiger charge is 2.45. The fourth-order valence-corrected chi connectivity index (χ4v) is 4.41. The minimum atomic E-state index is -0.685. The average molecular weight is 373 g/mol. The van der Waals surface area contributed by atoms with Crippen molar-refractivity contribution >= 4 is 17.5 Å². The Bertz CT molecular complexity index is 856. The molecule has 0 radical (unpaired) electrons. The van der Waals surface area contributed by atoms with Gasteiger partial charge in [0.05, 0.1) is 18.0 Å². The molecule has 0 amide bonds. The van der Waals surface area contributed by atoms with E-state index in [1.807, 2.05) is 24.8 Å². The fourth-order valence-electron chi connectivity index (χ4n) is 3.29. The number of aromatic nitrogens is 1. The zero-order valence-corrected chi connectivity index (χ0v) is 15.1. The third kappa shape index (κ3) is 2.86. The smallest absolute Gasteiger partial charge is 0.253 e. The number of Topliss-reactive ketones (excluding diaryl/α,β-unsaturated/α-hetero) is 1. The highest BCUT2D eigenvalue weighted by molar-refractivity contribution is 7.99. The number of thioether (sulfide) groups is 1. The van der Waals surface area contributed by atoms with Crippen molar-refractivity contribution in [1.82, 2.24) is 4.98 Å². The first-order valence-electron chi connectivity index (χ1n) is 8.46. The van der Waals surface area contributed by atoms with Gasteiger partial charge in [0.25, 0.3) is 5.79 Å². The number of aryl methyl sites for hydroxylation is 1. The molecule has 0 atom stereocenters. The van der Waals surface area contributed by atoms with Crippen LogP contribution >= 0.6 is 11.8 Å². The van der Waals surface area contributed by atoms with E-state index < -0.39 is 5.79 Å². The Balaban J connectivity index is 1.67. The lowest BCUT2D eigenvalue weighted by Gasteiger charge is -2.31. The van der Waals surface area contributed by atoms with Gasteiger partial charge in [-0.1, -0.05) is 6.07 Å². The second-order valence-electron chi connectivity index (χ2n) is 6.57. The molecule has 2 aliphatic heterocycles. The molecule has 1 aromatic carbocycles. The van der Waals surface area contributed by atoms with Gasteiger partial charge in [-0.25, -0.2) is 0 Å². The highest BCUT2D eigenvalue weighted by atomic mass is 32.2. The molecule has 2 N–H and O–H groups in total. The summed E-state index contributed by atoms with van der Waals surface area (Å²) in [6.45, 7) is 1.92. The van der Waals surface area contributed by atoms with Crippen LogP contribution in [0.1, 0.15) is 34.3 Å². The number of aromatic hydroxyl groups is 2. The molecule has 2 aliphatic rings. The van der Waals surface area contributed by atoms with Crippen LogP contribution in [0.4, 0.5) is 0 Å². The van der Waals surface area contributed by atoms with Crippen molar-refractivity contribution in [2.75, 3.05) is 11.5 Å². The van der Waals surface area contributed by atoms with Gasteiger partial charge in [0.2, 0.25) is 0 Å². The number of ether oxygens (including phenoxy) is 2. The highest BCUT2D eigenvalue weighted by Crippen LogP contribution is 2.48. The number of hydrogen-bond donors (Lipinski definition) is 2. The quantitative estimate of drug-likeness (QED) is 0.799. The molecule has 136 valence electrons. The Morgan fingerprint density at radius 1 is 1.15 bits per heavy atom. The molecule has 0 saturated carbocycles. The standard InChI is InChI=1S/C19H19NO5S/c1-11-2-3-12(14(21)8-13-15(22)9-20-10-16(13)23)18-17(11)24-19(25-18)4-6-26-7-5-19/h2-3,9-10,22-23H,4-8H2,1H3. The van der Waals surface area contributed by atoms with Gasteiger partial charge in [-0.3, -0.25) is 9.78 Å².